The summed E-state index contributed by atoms with van der Waals surface area (Å²) >= 11 is 5.85. The van der Waals surface area contributed by atoms with Crippen LogP contribution in [-0.2, 0) is 0 Å². The summed E-state index contributed by atoms with van der Waals surface area (Å²) in [6.45, 7) is 3.96. The summed E-state index contributed by atoms with van der Waals surface area (Å²) in [7, 11) is 0. The number of ether oxygens (including phenoxy) is 1. The predicted molar refractivity (Wildman–Crippen MR) is 77.2 cm³/mol. The Morgan fingerprint density at radius 2 is 1.79 bits per heavy atom. The molecule has 0 N–H and O–H groups in total. The first-order chi connectivity index (χ1) is 9.04. The number of carbonyl (C=O) groups is 1. The molecule has 2 rings (SSSR count). The second-order valence-electron chi connectivity index (χ2n) is 4.55. The Balaban J connectivity index is 2.05. The van der Waals surface area contributed by atoms with E-state index in [9.17, 15) is 4.79 Å². The second kappa shape index (κ2) is 5.89. The van der Waals surface area contributed by atoms with Gasteiger partial charge in [0.1, 0.15) is 5.75 Å². The number of halogens is 1. The van der Waals surface area contributed by atoms with Crippen molar-refractivity contribution in [3.63, 3.8) is 0 Å². The molecule has 2 aromatic carbocycles. The first-order valence-electron chi connectivity index (χ1n) is 6.04. The van der Waals surface area contributed by atoms with Crippen molar-refractivity contribution >= 4 is 17.4 Å². The van der Waals surface area contributed by atoms with Gasteiger partial charge >= 0.3 is 0 Å². The maximum absolute atomic E-state index is 12.0. The molecule has 0 aliphatic carbocycles. The van der Waals surface area contributed by atoms with E-state index in [-0.39, 0.29) is 12.4 Å². The van der Waals surface area contributed by atoms with E-state index < -0.39 is 0 Å². The van der Waals surface area contributed by atoms with Gasteiger partial charge in [0.15, 0.2) is 12.4 Å². The average molecular weight is 275 g/mol. The fourth-order valence-electron chi connectivity index (χ4n) is 1.92. The molecule has 0 spiro atoms. The highest BCUT2D eigenvalue weighted by Gasteiger charge is 2.08. The van der Waals surface area contributed by atoms with Gasteiger partial charge in [0.05, 0.1) is 0 Å². The van der Waals surface area contributed by atoms with E-state index in [0.717, 1.165) is 11.1 Å². The van der Waals surface area contributed by atoms with E-state index in [1.165, 1.54) is 0 Å². The lowest BCUT2D eigenvalue weighted by atomic mass is 10.0. The van der Waals surface area contributed by atoms with Crippen LogP contribution in [0.5, 0.6) is 5.75 Å². The average Bonchev–Trinajstić information content (AvgIpc) is 2.35. The molecule has 2 nitrogen and oxygen atoms in total. The first-order valence-corrected chi connectivity index (χ1v) is 6.42. The van der Waals surface area contributed by atoms with E-state index in [1.54, 1.807) is 24.3 Å². The minimum atomic E-state index is -0.0354. The molecule has 0 fully saturated rings. The Morgan fingerprint density at radius 1 is 1.11 bits per heavy atom. The second-order valence-corrected chi connectivity index (χ2v) is 4.98. The zero-order valence-electron chi connectivity index (χ0n) is 10.9. The van der Waals surface area contributed by atoms with Crippen LogP contribution in [-0.4, -0.2) is 12.4 Å². The third-order valence-electron chi connectivity index (χ3n) is 2.71. The van der Waals surface area contributed by atoms with Gasteiger partial charge in [-0.15, -0.1) is 0 Å². The van der Waals surface area contributed by atoms with E-state index in [0.29, 0.717) is 16.3 Å². The van der Waals surface area contributed by atoms with Gasteiger partial charge in [-0.25, -0.2) is 0 Å². The minimum Gasteiger partial charge on any atom is -0.485 e. The molecule has 0 bridgehead atoms. The molecule has 0 heterocycles. The van der Waals surface area contributed by atoms with Crippen LogP contribution in [0.25, 0.3) is 0 Å². The normalized spacial score (nSPS) is 10.3. The Kier molecular flexibility index (Phi) is 4.23. The quantitative estimate of drug-likeness (QED) is 0.781. The number of hydrogen-bond donors (Lipinski definition) is 0. The highest BCUT2D eigenvalue weighted by molar-refractivity contribution is 6.30. The topological polar surface area (TPSA) is 26.3 Å². The number of carbonyl (C=O) groups excluding carboxylic acids is 1. The van der Waals surface area contributed by atoms with Crippen LogP contribution in [0.1, 0.15) is 21.5 Å². The molecule has 3 heteroatoms. The lowest BCUT2D eigenvalue weighted by Crippen LogP contribution is -2.12. The van der Waals surface area contributed by atoms with E-state index in [1.807, 2.05) is 32.0 Å². The smallest absolute Gasteiger partial charge is 0.200 e. The zero-order chi connectivity index (χ0) is 13.8. The van der Waals surface area contributed by atoms with Crippen molar-refractivity contribution in [1.29, 1.82) is 0 Å². The van der Waals surface area contributed by atoms with Crippen molar-refractivity contribution in [1.82, 2.24) is 0 Å². The lowest BCUT2D eigenvalue weighted by Gasteiger charge is -2.07. The molecule has 2 aromatic rings. The molecule has 98 valence electrons. The van der Waals surface area contributed by atoms with Crippen molar-refractivity contribution in [2.24, 2.45) is 0 Å². The van der Waals surface area contributed by atoms with Gasteiger partial charge in [-0.3, -0.25) is 4.79 Å². The summed E-state index contributed by atoms with van der Waals surface area (Å²) in [5, 5.41) is 0.594. The maximum atomic E-state index is 12.0. The van der Waals surface area contributed by atoms with Crippen LogP contribution in [0.3, 0.4) is 0 Å². The summed E-state index contributed by atoms with van der Waals surface area (Å²) in [6, 6.07) is 12.8. The van der Waals surface area contributed by atoms with Gasteiger partial charge in [0.2, 0.25) is 0 Å². The minimum absolute atomic E-state index is 0.0171. The standard InChI is InChI=1S/C16H15ClO2/c1-11-6-12(2)8-13(7-11)16(18)10-19-15-5-3-4-14(17)9-15/h3-9H,10H2,1-2H3. The SMILES string of the molecule is Cc1cc(C)cc(C(=O)COc2cccc(Cl)c2)c1. The molecule has 19 heavy (non-hydrogen) atoms. The Morgan fingerprint density at radius 3 is 2.42 bits per heavy atom. The van der Waals surface area contributed by atoms with Crippen LogP contribution in [0.4, 0.5) is 0 Å². The van der Waals surface area contributed by atoms with Crippen LogP contribution in [0.2, 0.25) is 5.02 Å². The van der Waals surface area contributed by atoms with Crippen molar-refractivity contribution in [3.05, 3.63) is 64.2 Å². The Bertz CT molecular complexity index is 585. The molecule has 0 atom stereocenters. The Hall–Kier alpha value is -1.80. The van der Waals surface area contributed by atoms with Gasteiger partial charge in [0, 0.05) is 10.6 Å². The van der Waals surface area contributed by atoms with Crippen molar-refractivity contribution < 1.29 is 9.53 Å². The van der Waals surface area contributed by atoms with Crippen LogP contribution in [0.15, 0.2) is 42.5 Å². The molecule has 0 unspecified atom stereocenters. The van der Waals surface area contributed by atoms with E-state index in [2.05, 4.69) is 0 Å². The molecule has 0 saturated heterocycles. The Labute approximate surface area is 118 Å². The van der Waals surface area contributed by atoms with Crippen LogP contribution >= 0.6 is 11.6 Å². The summed E-state index contributed by atoms with van der Waals surface area (Å²) in [5.41, 5.74) is 2.83. The molecular weight excluding hydrogens is 260 g/mol. The number of aryl methyl sites for hydroxylation is 2. The molecule has 0 aromatic heterocycles. The summed E-state index contributed by atoms with van der Waals surface area (Å²) in [5.74, 6) is 0.567. The van der Waals surface area contributed by atoms with Crippen LogP contribution in [0, 0.1) is 13.8 Å². The number of rotatable bonds is 4. The molecule has 0 amide bonds. The van der Waals surface area contributed by atoms with Crippen molar-refractivity contribution in [2.45, 2.75) is 13.8 Å². The molecule has 0 aliphatic rings. The third-order valence-corrected chi connectivity index (χ3v) is 2.94. The number of benzene rings is 2. The highest BCUT2D eigenvalue weighted by Crippen LogP contribution is 2.17. The van der Waals surface area contributed by atoms with Gasteiger partial charge in [-0.1, -0.05) is 34.9 Å². The first kappa shape index (κ1) is 13.6. The van der Waals surface area contributed by atoms with Crippen LogP contribution < -0.4 is 4.74 Å². The number of hydrogen-bond acceptors (Lipinski definition) is 2. The van der Waals surface area contributed by atoms with Gasteiger partial charge in [0.25, 0.3) is 0 Å². The zero-order valence-corrected chi connectivity index (χ0v) is 11.7. The van der Waals surface area contributed by atoms with Gasteiger partial charge < -0.3 is 4.74 Å². The third kappa shape index (κ3) is 3.83. The maximum Gasteiger partial charge on any atom is 0.200 e. The van der Waals surface area contributed by atoms with Crippen molar-refractivity contribution in [2.75, 3.05) is 6.61 Å². The lowest BCUT2D eigenvalue weighted by molar-refractivity contribution is 0.0921. The number of ketones is 1. The summed E-state index contributed by atoms with van der Waals surface area (Å²) in [6.07, 6.45) is 0. The fourth-order valence-corrected chi connectivity index (χ4v) is 2.10. The molecular formula is C16H15ClO2. The highest BCUT2D eigenvalue weighted by atomic mass is 35.5. The summed E-state index contributed by atoms with van der Waals surface area (Å²) < 4.78 is 5.45. The van der Waals surface area contributed by atoms with Gasteiger partial charge in [-0.2, -0.15) is 0 Å². The van der Waals surface area contributed by atoms with Gasteiger partial charge in [-0.05, 0) is 44.2 Å². The molecule has 0 aliphatic heterocycles. The largest absolute Gasteiger partial charge is 0.485 e. The fraction of sp³-hybridized carbons (Fsp3) is 0.188. The van der Waals surface area contributed by atoms with E-state index in [4.69, 9.17) is 16.3 Å². The monoisotopic (exact) mass is 274 g/mol. The predicted octanol–water partition coefficient (Wildman–Crippen LogP) is 4.22. The summed E-state index contributed by atoms with van der Waals surface area (Å²) in [4.78, 5) is 12.0. The van der Waals surface area contributed by atoms with Crippen molar-refractivity contribution in [3.8, 4) is 5.75 Å². The molecule has 0 saturated carbocycles. The number of Topliss-reactive ketones (excluding diaryl/α,β-unsaturated/α-hetero) is 1. The molecule has 0 radical (unpaired) electrons. The van der Waals surface area contributed by atoms with E-state index >= 15 is 0 Å².